The molecule has 2 unspecified atom stereocenters. The van der Waals surface area contributed by atoms with E-state index in [2.05, 4.69) is 27.2 Å². The van der Waals surface area contributed by atoms with Crippen LogP contribution in [0.15, 0.2) is 12.1 Å². The van der Waals surface area contributed by atoms with Crippen LogP contribution in [0.1, 0.15) is 18.1 Å². The fourth-order valence-electron chi connectivity index (χ4n) is 4.85. The van der Waals surface area contributed by atoms with E-state index in [0.29, 0.717) is 36.3 Å². The quantitative estimate of drug-likeness (QED) is 0.438. The minimum absolute atomic E-state index is 0.140. The molecule has 2 aromatic rings. The lowest BCUT2D eigenvalue weighted by molar-refractivity contribution is 0.221. The Labute approximate surface area is 232 Å². The molecular formula is C26H39N7O5S. The van der Waals surface area contributed by atoms with Crippen molar-refractivity contribution >= 4 is 38.9 Å². The van der Waals surface area contributed by atoms with E-state index in [1.54, 1.807) is 25.7 Å². The van der Waals surface area contributed by atoms with E-state index in [4.69, 9.17) is 24.2 Å². The van der Waals surface area contributed by atoms with Gasteiger partial charge in [-0.1, -0.05) is 6.92 Å². The molecule has 2 N–H and O–H groups in total. The fourth-order valence-corrected chi connectivity index (χ4v) is 6.41. The Hall–Kier alpha value is -3.29. The Kier molecular flexibility index (Phi) is 9.03. The van der Waals surface area contributed by atoms with Gasteiger partial charge in [0, 0.05) is 62.5 Å². The standard InChI is InChI=1S/C26H39N7O5S/c1-17-14-33(39(16-17)26(34)35)29-25-27-23(18(2)24(28-25)32-10-8-30(3)9-11-32)31(4)15-19-12-20(36-5)22(38-7)21(13-19)37-6/h12-13,16-17H,8-11,14-15H2,1-7H3,(H,34,35)(H,27,28,29). The molecule has 0 amide bonds. The number of carboxylic acid groups (broad SMARTS) is 1. The Balaban J connectivity index is 1.70. The van der Waals surface area contributed by atoms with Crippen LogP contribution < -0.4 is 29.4 Å². The zero-order chi connectivity index (χ0) is 28.3. The number of aromatic nitrogens is 2. The molecule has 0 radical (unpaired) electrons. The number of nitrogens with zero attached hydrogens (tertiary/aromatic N) is 6. The van der Waals surface area contributed by atoms with Crippen molar-refractivity contribution in [3.8, 4) is 17.2 Å². The number of rotatable bonds is 9. The van der Waals surface area contributed by atoms with Gasteiger partial charge >= 0.3 is 5.30 Å². The first kappa shape index (κ1) is 28.7. The van der Waals surface area contributed by atoms with Crippen molar-refractivity contribution in [3.05, 3.63) is 23.3 Å². The van der Waals surface area contributed by atoms with Crippen molar-refractivity contribution in [2.45, 2.75) is 20.4 Å². The maximum absolute atomic E-state index is 11.9. The first-order chi connectivity index (χ1) is 18.6. The number of nitrogens with one attached hydrogen (secondary N) is 1. The van der Waals surface area contributed by atoms with E-state index in [1.165, 1.54) is 0 Å². The maximum Gasteiger partial charge on any atom is 0.374 e. The zero-order valence-corrected chi connectivity index (χ0v) is 24.5. The largest absolute Gasteiger partial charge is 0.493 e. The van der Waals surface area contributed by atoms with Gasteiger partial charge in [-0.2, -0.15) is 14.4 Å². The third-order valence-corrected chi connectivity index (χ3v) is 8.65. The van der Waals surface area contributed by atoms with Crippen LogP contribution in [-0.4, -0.2) is 103 Å². The molecular weight excluding hydrogens is 522 g/mol. The van der Waals surface area contributed by atoms with Crippen molar-refractivity contribution in [2.24, 2.45) is 5.92 Å². The van der Waals surface area contributed by atoms with Crippen LogP contribution in [0.2, 0.25) is 0 Å². The predicted octanol–water partition coefficient (Wildman–Crippen LogP) is 3.14. The third kappa shape index (κ3) is 6.31. The van der Waals surface area contributed by atoms with Crippen molar-refractivity contribution < 1.29 is 24.1 Å². The number of anilines is 3. The lowest BCUT2D eigenvalue weighted by Crippen LogP contribution is -2.45. The molecule has 214 valence electrons. The lowest BCUT2D eigenvalue weighted by atomic mass is 10.1. The molecule has 0 saturated carbocycles. The summed E-state index contributed by atoms with van der Waals surface area (Å²) < 4.78 is 18.3. The molecule has 2 atom stereocenters. The highest BCUT2D eigenvalue weighted by molar-refractivity contribution is 8.25. The van der Waals surface area contributed by atoms with Gasteiger partial charge in [0.15, 0.2) is 11.5 Å². The van der Waals surface area contributed by atoms with Gasteiger partial charge in [-0.3, -0.25) is 5.43 Å². The third-order valence-electron chi connectivity index (χ3n) is 6.86. The van der Waals surface area contributed by atoms with Crippen LogP contribution in [-0.2, 0) is 6.54 Å². The Morgan fingerprint density at radius 1 is 1.13 bits per heavy atom. The summed E-state index contributed by atoms with van der Waals surface area (Å²) in [7, 11) is 7.80. The van der Waals surface area contributed by atoms with Crippen molar-refractivity contribution in [3.63, 3.8) is 0 Å². The number of piperazine rings is 1. The van der Waals surface area contributed by atoms with Gasteiger partial charge < -0.3 is 34.0 Å². The number of likely N-dealkylation sites (N-methyl/N-ethyl adjacent to an activating group) is 1. The van der Waals surface area contributed by atoms with E-state index >= 15 is 0 Å². The molecule has 2 aliphatic heterocycles. The van der Waals surface area contributed by atoms with E-state index in [1.807, 2.05) is 38.4 Å². The summed E-state index contributed by atoms with van der Waals surface area (Å²) in [6, 6.07) is 3.85. The van der Waals surface area contributed by atoms with E-state index in [0.717, 1.165) is 48.9 Å². The van der Waals surface area contributed by atoms with Gasteiger partial charge in [-0.05, 0) is 43.0 Å². The fraction of sp³-hybridized carbons (Fsp3) is 0.538. The SMILES string of the molecule is COc1cc(CN(C)c2nc(NN3CC(C)C=S3C(=O)O)nc(N3CCN(C)CC3)c2C)cc(OC)c1OC. The minimum Gasteiger partial charge on any atom is -0.493 e. The Bertz CT molecular complexity index is 1210. The van der Waals surface area contributed by atoms with Crippen molar-refractivity contribution in [1.82, 2.24) is 19.3 Å². The zero-order valence-electron chi connectivity index (χ0n) is 23.7. The maximum atomic E-state index is 11.9. The highest BCUT2D eigenvalue weighted by Crippen LogP contribution is 2.39. The Morgan fingerprint density at radius 3 is 2.33 bits per heavy atom. The molecule has 13 heteroatoms. The van der Waals surface area contributed by atoms with Gasteiger partial charge in [-0.25, -0.2) is 4.79 Å². The van der Waals surface area contributed by atoms with Gasteiger partial charge in [0.05, 0.1) is 21.3 Å². The first-order valence-corrected chi connectivity index (χ1v) is 14.1. The van der Waals surface area contributed by atoms with Crippen LogP contribution >= 0.6 is 10.7 Å². The van der Waals surface area contributed by atoms with Crippen LogP contribution in [0.5, 0.6) is 17.2 Å². The number of methoxy groups -OCH3 is 3. The topological polar surface area (TPSA) is 116 Å². The molecule has 1 aromatic carbocycles. The van der Waals surface area contributed by atoms with E-state index in [-0.39, 0.29) is 5.92 Å². The van der Waals surface area contributed by atoms with Gasteiger partial charge in [0.1, 0.15) is 11.6 Å². The molecule has 1 fully saturated rings. The summed E-state index contributed by atoms with van der Waals surface area (Å²) in [6.07, 6.45) is 0. The van der Waals surface area contributed by atoms with E-state index < -0.39 is 16.0 Å². The summed E-state index contributed by atoms with van der Waals surface area (Å²) in [4.78, 5) is 28.3. The van der Waals surface area contributed by atoms with Gasteiger partial charge in [-0.15, -0.1) is 0 Å². The lowest BCUT2D eigenvalue weighted by Gasteiger charge is -2.35. The first-order valence-electron chi connectivity index (χ1n) is 12.8. The number of hydrogen-bond donors (Lipinski definition) is 2. The number of hydrazine groups is 1. The summed E-state index contributed by atoms with van der Waals surface area (Å²) in [5.74, 6) is 3.82. The monoisotopic (exact) mass is 561 g/mol. The molecule has 4 rings (SSSR count). The molecule has 3 heterocycles. The molecule has 39 heavy (non-hydrogen) atoms. The number of hydrogen-bond acceptors (Lipinski definition) is 11. The molecule has 12 nitrogen and oxygen atoms in total. The molecule has 1 aromatic heterocycles. The predicted molar refractivity (Wildman–Crippen MR) is 156 cm³/mol. The highest BCUT2D eigenvalue weighted by atomic mass is 32.2. The number of benzene rings is 1. The number of ether oxygens (including phenoxy) is 3. The molecule has 0 bridgehead atoms. The second-order valence-electron chi connectivity index (χ2n) is 9.87. The summed E-state index contributed by atoms with van der Waals surface area (Å²) >= 11 is 0. The second-order valence-corrected chi connectivity index (χ2v) is 11.6. The molecule has 0 spiro atoms. The summed E-state index contributed by atoms with van der Waals surface area (Å²) in [6.45, 7) is 8.68. The second kappa shape index (κ2) is 12.3. The average Bonchev–Trinajstić information content (AvgIpc) is 3.29. The van der Waals surface area contributed by atoms with Crippen LogP contribution in [0.25, 0.3) is 0 Å². The molecule has 1 saturated heterocycles. The molecule has 2 aliphatic rings. The molecule has 0 aliphatic carbocycles. The number of carbonyl (C=O) groups is 1. The van der Waals surface area contributed by atoms with Gasteiger partial charge in [0.2, 0.25) is 11.7 Å². The van der Waals surface area contributed by atoms with Crippen LogP contribution in [0, 0.1) is 12.8 Å². The minimum atomic E-state index is -1.07. The highest BCUT2D eigenvalue weighted by Gasteiger charge is 2.28. The van der Waals surface area contributed by atoms with Crippen LogP contribution in [0.3, 0.4) is 0 Å². The van der Waals surface area contributed by atoms with Crippen molar-refractivity contribution in [2.75, 3.05) is 83.4 Å². The van der Waals surface area contributed by atoms with Crippen molar-refractivity contribution in [1.29, 1.82) is 0 Å². The summed E-state index contributed by atoms with van der Waals surface area (Å²) in [5.41, 5.74) is 5.13. The van der Waals surface area contributed by atoms with Gasteiger partial charge in [0.25, 0.3) is 0 Å². The normalized spacial score (nSPS) is 19.9. The van der Waals surface area contributed by atoms with Crippen LogP contribution in [0.4, 0.5) is 22.4 Å². The Morgan fingerprint density at radius 2 is 1.77 bits per heavy atom. The smallest absolute Gasteiger partial charge is 0.374 e. The summed E-state index contributed by atoms with van der Waals surface area (Å²) in [5, 5.41) is 10.7. The average molecular weight is 562 g/mol. The van der Waals surface area contributed by atoms with E-state index in [9.17, 15) is 9.90 Å².